The van der Waals surface area contributed by atoms with Crippen LogP contribution in [0.25, 0.3) is 0 Å². The quantitative estimate of drug-likeness (QED) is 0.853. The predicted molar refractivity (Wildman–Crippen MR) is 72.8 cm³/mol. The molecule has 1 aliphatic rings. The molecular formula is C14H18BrNO. The standard InChI is InChI=1S/C14H18BrNO/c1-11(17)13-6-8-16(9-7-13)10-12-2-4-14(15)5-3-12/h2-5,13H,6-10H2,1H3. The van der Waals surface area contributed by atoms with Crippen LogP contribution in [-0.2, 0) is 11.3 Å². The van der Waals surface area contributed by atoms with Gasteiger partial charge in [-0.25, -0.2) is 0 Å². The summed E-state index contributed by atoms with van der Waals surface area (Å²) in [6.45, 7) is 4.80. The Kier molecular flexibility index (Phi) is 4.35. The molecule has 0 aromatic heterocycles. The van der Waals surface area contributed by atoms with Crippen molar-refractivity contribution < 1.29 is 4.79 Å². The Bertz CT molecular complexity index is 380. The molecule has 0 unspecified atom stereocenters. The molecule has 1 fully saturated rings. The van der Waals surface area contributed by atoms with Crippen molar-refractivity contribution in [3.8, 4) is 0 Å². The van der Waals surface area contributed by atoms with Crippen molar-refractivity contribution in [1.82, 2.24) is 4.90 Å². The number of Topliss-reactive ketones (excluding diaryl/α,β-unsaturated/α-hetero) is 1. The lowest BCUT2D eigenvalue weighted by molar-refractivity contribution is -0.122. The highest BCUT2D eigenvalue weighted by Gasteiger charge is 2.21. The van der Waals surface area contributed by atoms with Crippen molar-refractivity contribution in [2.75, 3.05) is 13.1 Å². The molecule has 0 amide bonds. The molecule has 0 radical (unpaired) electrons. The van der Waals surface area contributed by atoms with Crippen molar-refractivity contribution >= 4 is 21.7 Å². The lowest BCUT2D eigenvalue weighted by Gasteiger charge is -2.30. The van der Waals surface area contributed by atoms with Gasteiger partial charge in [0.05, 0.1) is 0 Å². The monoisotopic (exact) mass is 295 g/mol. The summed E-state index contributed by atoms with van der Waals surface area (Å²) in [5.74, 6) is 0.657. The van der Waals surface area contributed by atoms with Crippen molar-refractivity contribution in [2.24, 2.45) is 5.92 Å². The van der Waals surface area contributed by atoms with Gasteiger partial charge in [-0.3, -0.25) is 9.69 Å². The number of rotatable bonds is 3. The Morgan fingerprint density at radius 1 is 1.29 bits per heavy atom. The summed E-state index contributed by atoms with van der Waals surface area (Å²) in [5, 5.41) is 0. The Morgan fingerprint density at radius 2 is 1.88 bits per heavy atom. The van der Waals surface area contributed by atoms with Crippen LogP contribution in [0.15, 0.2) is 28.7 Å². The Morgan fingerprint density at radius 3 is 2.41 bits per heavy atom. The first-order chi connectivity index (χ1) is 8.15. The van der Waals surface area contributed by atoms with Crippen LogP contribution in [0.3, 0.4) is 0 Å². The zero-order valence-electron chi connectivity index (χ0n) is 10.2. The first kappa shape index (κ1) is 12.8. The second-order valence-corrected chi connectivity index (χ2v) is 5.70. The van der Waals surface area contributed by atoms with E-state index in [2.05, 4.69) is 45.1 Å². The fourth-order valence-corrected chi connectivity index (χ4v) is 2.61. The molecule has 17 heavy (non-hydrogen) atoms. The van der Waals surface area contributed by atoms with Crippen LogP contribution in [-0.4, -0.2) is 23.8 Å². The number of nitrogens with zero attached hydrogens (tertiary/aromatic N) is 1. The van der Waals surface area contributed by atoms with Crippen LogP contribution in [0, 0.1) is 5.92 Å². The van der Waals surface area contributed by atoms with E-state index in [1.54, 1.807) is 6.92 Å². The van der Waals surface area contributed by atoms with Gasteiger partial charge in [-0.05, 0) is 50.6 Å². The maximum Gasteiger partial charge on any atom is 0.133 e. The SMILES string of the molecule is CC(=O)C1CCN(Cc2ccc(Br)cc2)CC1. The fraction of sp³-hybridized carbons (Fsp3) is 0.500. The van der Waals surface area contributed by atoms with Crippen molar-refractivity contribution in [1.29, 1.82) is 0 Å². The Hall–Kier alpha value is -0.670. The molecule has 0 atom stereocenters. The molecule has 1 aromatic rings. The number of piperidine rings is 1. The topological polar surface area (TPSA) is 20.3 Å². The minimum atomic E-state index is 0.302. The molecule has 1 aromatic carbocycles. The van der Waals surface area contributed by atoms with Crippen LogP contribution in [0.5, 0.6) is 0 Å². The van der Waals surface area contributed by atoms with E-state index in [0.29, 0.717) is 11.7 Å². The van der Waals surface area contributed by atoms with Gasteiger partial charge in [0.25, 0.3) is 0 Å². The smallest absolute Gasteiger partial charge is 0.133 e. The summed E-state index contributed by atoms with van der Waals surface area (Å²) >= 11 is 3.44. The molecule has 3 heteroatoms. The number of carbonyl (C=O) groups excluding carboxylic acids is 1. The van der Waals surface area contributed by atoms with Crippen LogP contribution in [0.4, 0.5) is 0 Å². The van der Waals surface area contributed by atoms with E-state index >= 15 is 0 Å². The number of likely N-dealkylation sites (tertiary alicyclic amines) is 1. The molecule has 2 rings (SSSR count). The van der Waals surface area contributed by atoms with Gasteiger partial charge in [-0.1, -0.05) is 28.1 Å². The van der Waals surface area contributed by atoms with Crippen molar-refractivity contribution in [2.45, 2.75) is 26.3 Å². The highest BCUT2D eigenvalue weighted by atomic mass is 79.9. The minimum Gasteiger partial charge on any atom is -0.300 e. The van der Waals surface area contributed by atoms with Crippen LogP contribution in [0.1, 0.15) is 25.3 Å². The molecule has 1 aliphatic heterocycles. The van der Waals surface area contributed by atoms with Crippen molar-refractivity contribution in [3.63, 3.8) is 0 Å². The average Bonchev–Trinajstić information content (AvgIpc) is 2.33. The third-order valence-electron chi connectivity index (χ3n) is 3.48. The van der Waals surface area contributed by atoms with Crippen LogP contribution >= 0.6 is 15.9 Å². The van der Waals surface area contributed by atoms with E-state index in [-0.39, 0.29) is 0 Å². The zero-order valence-corrected chi connectivity index (χ0v) is 11.7. The molecule has 0 aliphatic carbocycles. The van der Waals surface area contributed by atoms with Gasteiger partial charge in [0.15, 0.2) is 0 Å². The van der Waals surface area contributed by atoms with Gasteiger partial charge >= 0.3 is 0 Å². The summed E-state index contributed by atoms with van der Waals surface area (Å²) in [4.78, 5) is 13.7. The summed E-state index contributed by atoms with van der Waals surface area (Å²) in [6.07, 6.45) is 2.04. The molecule has 1 heterocycles. The summed E-state index contributed by atoms with van der Waals surface area (Å²) in [6, 6.07) is 8.47. The predicted octanol–water partition coefficient (Wildman–Crippen LogP) is 3.25. The summed E-state index contributed by atoms with van der Waals surface area (Å²) < 4.78 is 1.12. The molecule has 2 nitrogen and oxygen atoms in total. The second-order valence-electron chi connectivity index (χ2n) is 4.79. The third-order valence-corrected chi connectivity index (χ3v) is 4.01. The lowest BCUT2D eigenvalue weighted by atomic mass is 9.93. The van der Waals surface area contributed by atoms with E-state index in [0.717, 1.165) is 36.9 Å². The average molecular weight is 296 g/mol. The van der Waals surface area contributed by atoms with Gasteiger partial charge in [0.1, 0.15) is 5.78 Å². The molecule has 0 spiro atoms. The largest absolute Gasteiger partial charge is 0.300 e. The minimum absolute atomic E-state index is 0.302. The molecule has 0 N–H and O–H groups in total. The number of halogens is 1. The molecular weight excluding hydrogens is 278 g/mol. The highest BCUT2D eigenvalue weighted by Crippen LogP contribution is 2.20. The van der Waals surface area contributed by atoms with E-state index in [9.17, 15) is 4.79 Å². The highest BCUT2D eigenvalue weighted by molar-refractivity contribution is 9.10. The fourth-order valence-electron chi connectivity index (χ4n) is 2.35. The third kappa shape index (κ3) is 3.65. The summed E-state index contributed by atoms with van der Waals surface area (Å²) in [5.41, 5.74) is 1.34. The number of hydrogen-bond acceptors (Lipinski definition) is 2. The van der Waals surface area contributed by atoms with Gasteiger partial charge in [0, 0.05) is 16.9 Å². The molecule has 92 valence electrons. The van der Waals surface area contributed by atoms with Crippen LogP contribution < -0.4 is 0 Å². The van der Waals surface area contributed by atoms with Gasteiger partial charge in [-0.15, -0.1) is 0 Å². The van der Waals surface area contributed by atoms with Gasteiger partial charge in [0.2, 0.25) is 0 Å². The van der Waals surface area contributed by atoms with E-state index in [4.69, 9.17) is 0 Å². The first-order valence-electron chi connectivity index (χ1n) is 6.12. The van der Waals surface area contributed by atoms with Crippen molar-refractivity contribution in [3.05, 3.63) is 34.3 Å². The molecule has 1 saturated heterocycles. The summed E-state index contributed by atoms with van der Waals surface area (Å²) in [7, 11) is 0. The number of ketones is 1. The lowest BCUT2D eigenvalue weighted by Crippen LogP contribution is -2.35. The normalized spacial score (nSPS) is 18.2. The van der Waals surface area contributed by atoms with Gasteiger partial charge < -0.3 is 0 Å². The van der Waals surface area contributed by atoms with Gasteiger partial charge in [-0.2, -0.15) is 0 Å². The maximum atomic E-state index is 11.3. The number of hydrogen-bond donors (Lipinski definition) is 0. The number of carbonyl (C=O) groups is 1. The maximum absolute atomic E-state index is 11.3. The first-order valence-corrected chi connectivity index (χ1v) is 6.91. The van der Waals surface area contributed by atoms with E-state index in [1.807, 2.05) is 0 Å². The van der Waals surface area contributed by atoms with Crippen LogP contribution in [0.2, 0.25) is 0 Å². The Labute approximate surface area is 111 Å². The Balaban J connectivity index is 1.85. The molecule has 0 saturated carbocycles. The molecule has 0 bridgehead atoms. The van der Waals surface area contributed by atoms with E-state index in [1.165, 1.54) is 5.56 Å². The second kappa shape index (κ2) is 5.78. The number of benzene rings is 1. The van der Waals surface area contributed by atoms with E-state index < -0.39 is 0 Å². The zero-order chi connectivity index (χ0) is 12.3.